The van der Waals surface area contributed by atoms with Crippen molar-refractivity contribution < 1.29 is 55.3 Å². The summed E-state index contributed by atoms with van der Waals surface area (Å²) in [7, 11) is -8.79. The zero-order valence-electron chi connectivity index (χ0n) is 43.6. The van der Waals surface area contributed by atoms with E-state index in [-0.39, 0.29) is 59.9 Å². The van der Waals surface area contributed by atoms with Crippen LogP contribution in [-0.2, 0) is 64.3 Å². The van der Waals surface area contributed by atoms with Gasteiger partial charge in [0.25, 0.3) is 0 Å². The number of hydrogen-bond donors (Lipinski definition) is 0. The molecule has 376 valence electrons. The van der Waals surface area contributed by atoms with Crippen molar-refractivity contribution in [3.05, 3.63) is 143 Å². The molecule has 4 aromatic rings. The summed E-state index contributed by atoms with van der Waals surface area (Å²) in [6.45, 7) is 38.3. The van der Waals surface area contributed by atoms with Crippen LogP contribution in [0.25, 0.3) is 0 Å². The molecule has 0 heterocycles. The maximum atomic E-state index is 14.6. The highest BCUT2D eigenvalue weighted by atomic mass is 31.2. The van der Waals surface area contributed by atoms with Crippen molar-refractivity contribution in [2.24, 2.45) is 0 Å². The van der Waals surface area contributed by atoms with Gasteiger partial charge >= 0.3 is 27.6 Å². The smallest absolute Gasteiger partial charge is 0.460 e. The quantitative estimate of drug-likeness (QED) is 0.0360. The van der Waals surface area contributed by atoms with Crippen molar-refractivity contribution in [3.63, 3.8) is 0 Å². The van der Waals surface area contributed by atoms with Gasteiger partial charge < -0.3 is 27.6 Å². The van der Waals surface area contributed by atoms with Crippen LogP contribution in [0.1, 0.15) is 144 Å². The van der Waals surface area contributed by atoms with Crippen LogP contribution in [0.5, 0.6) is 23.0 Å². The highest BCUT2D eigenvalue weighted by molar-refractivity contribution is 7.49. The average Bonchev–Trinajstić information content (AvgIpc) is 3.22. The van der Waals surface area contributed by atoms with E-state index in [1.807, 2.05) is 104 Å². The van der Waals surface area contributed by atoms with Gasteiger partial charge in [0, 0.05) is 27.7 Å². The summed E-state index contributed by atoms with van der Waals surface area (Å²) in [6, 6.07) is 25.7. The second-order valence-electron chi connectivity index (χ2n) is 21.9. The molecule has 2 atom stereocenters. The molecule has 0 amide bonds. The number of carbonyl (C=O) groups is 2. The lowest BCUT2D eigenvalue weighted by atomic mass is 9.78. The molecule has 0 radical (unpaired) electrons. The third-order valence-corrected chi connectivity index (χ3v) is 13.8. The molecule has 0 N–H and O–H groups in total. The monoisotopic (exact) mass is 988 g/mol. The van der Waals surface area contributed by atoms with Gasteiger partial charge in [-0.3, -0.25) is 9.05 Å². The lowest BCUT2D eigenvalue weighted by Gasteiger charge is -2.29. The third kappa shape index (κ3) is 15.9. The Morgan fingerprint density at radius 3 is 1.01 bits per heavy atom. The minimum atomic E-state index is -4.39. The Labute approximate surface area is 411 Å². The van der Waals surface area contributed by atoms with E-state index >= 15 is 0 Å². The number of benzene rings is 4. The highest BCUT2D eigenvalue weighted by Gasteiger charge is 2.37. The number of hydrogen-bond acceptors (Lipinski definition) is 12. The van der Waals surface area contributed by atoms with E-state index in [1.54, 1.807) is 36.4 Å². The fourth-order valence-corrected chi connectivity index (χ4v) is 9.25. The van der Waals surface area contributed by atoms with Crippen molar-refractivity contribution in [1.29, 1.82) is 0 Å². The number of esters is 2. The molecule has 12 nitrogen and oxygen atoms in total. The lowest BCUT2D eigenvalue weighted by Crippen LogP contribution is -2.19. The van der Waals surface area contributed by atoms with Crippen molar-refractivity contribution in [3.8, 4) is 23.0 Å². The minimum absolute atomic E-state index is 0.150. The number of ether oxygens (including phenoxy) is 2. The third-order valence-electron chi connectivity index (χ3n) is 11.1. The van der Waals surface area contributed by atoms with Crippen LogP contribution in [0.15, 0.2) is 109 Å². The van der Waals surface area contributed by atoms with Gasteiger partial charge in [0.1, 0.15) is 36.2 Å². The SMILES string of the molecule is C=C(C)C(=O)OCCOP(=O)(Oc1ccc(C(C)(C)c2ccc(OP(=O)(OCCOC(=O)C(=C)C)Oc3ccc(C(C)(C)C)cc3C(C)(C)C)cc2)cc1)Oc1ccc(C(C)(C)C)cc1C(C)(C)C. The van der Waals surface area contributed by atoms with E-state index in [4.69, 9.17) is 36.6 Å². The first kappa shape index (κ1) is 56.5. The Kier molecular flexibility index (Phi) is 17.9. The summed E-state index contributed by atoms with van der Waals surface area (Å²) in [5.74, 6) is -0.0877. The normalized spacial score (nSPS) is 14.1. The Morgan fingerprint density at radius 1 is 0.435 bits per heavy atom. The summed E-state index contributed by atoms with van der Waals surface area (Å²) >= 11 is 0. The van der Waals surface area contributed by atoms with E-state index in [1.165, 1.54) is 13.8 Å². The molecule has 0 spiro atoms. The second kappa shape index (κ2) is 21.9. The standard InChI is InChI=1S/C55H74O12P2/c1-37(2)49(56)60-31-33-62-68(58,66-47-29-23-41(51(5,6)7)35-45(47)53(11,12)13)64-43-25-19-39(20-26-43)55(17,18)40-21-27-44(28-22-40)65-69(59,63-34-32-61-50(57)38(3)4)67-48-30-24-42(52(8,9)10)36-46(48)54(14,15)16/h19-30,35-36H,1,3,31-34H2,2,4-18H3. The summed E-state index contributed by atoms with van der Waals surface area (Å²) in [5.41, 5.74) is 4.32. The van der Waals surface area contributed by atoms with Crippen molar-refractivity contribution in [1.82, 2.24) is 0 Å². The molecule has 0 aliphatic carbocycles. The first-order valence-corrected chi connectivity index (χ1v) is 26.0. The molecule has 0 aromatic heterocycles. The first-order valence-electron chi connectivity index (χ1n) is 23.1. The highest BCUT2D eigenvalue weighted by Crippen LogP contribution is 2.54. The number of carbonyl (C=O) groups excluding carboxylic acids is 2. The van der Waals surface area contributed by atoms with Gasteiger partial charge in [-0.1, -0.05) is 159 Å². The molecule has 4 aromatic carbocycles. The fourth-order valence-electron chi connectivity index (χ4n) is 6.81. The van der Waals surface area contributed by atoms with Crippen LogP contribution in [0.3, 0.4) is 0 Å². The van der Waals surface area contributed by atoms with E-state index in [0.717, 1.165) is 33.4 Å². The topological polar surface area (TPSA) is 142 Å². The maximum absolute atomic E-state index is 14.6. The van der Waals surface area contributed by atoms with Gasteiger partial charge in [0.05, 0.1) is 13.2 Å². The summed E-state index contributed by atoms with van der Waals surface area (Å²) < 4.78 is 75.6. The summed E-state index contributed by atoms with van der Waals surface area (Å²) in [5, 5.41) is 0. The van der Waals surface area contributed by atoms with Crippen molar-refractivity contribution in [2.45, 2.75) is 138 Å². The van der Waals surface area contributed by atoms with E-state index < -0.39 is 43.8 Å². The number of rotatable bonds is 20. The molecular formula is C55H74O12P2. The Bertz CT molecular complexity index is 2390. The molecule has 2 unspecified atom stereocenters. The van der Waals surface area contributed by atoms with Gasteiger partial charge in [-0.05, 0) is 94.2 Å². The predicted octanol–water partition coefficient (Wildman–Crippen LogP) is 14.6. The van der Waals surface area contributed by atoms with Gasteiger partial charge in [0.15, 0.2) is 0 Å². The Hall–Kier alpha value is -5.12. The number of phosphoric acid groups is 2. The molecule has 0 aliphatic rings. The fraction of sp³-hybridized carbons (Fsp3) is 0.455. The van der Waals surface area contributed by atoms with Crippen LogP contribution >= 0.6 is 15.6 Å². The first-order chi connectivity index (χ1) is 31.6. The predicted molar refractivity (Wildman–Crippen MR) is 274 cm³/mol. The van der Waals surface area contributed by atoms with Gasteiger partial charge in [-0.25, -0.2) is 18.7 Å². The zero-order valence-corrected chi connectivity index (χ0v) is 45.4. The minimum Gasteiger partial charge on any atom is -0.460 e. The molecule has 4 rings (SSSR count). The van der Waals surface area contributed by atoms with Crippen LogP contribution in [0, 0.1) is 0 Å². The van der Waals surface area contributed by atoms with Crippen LogP contribution in [0.4, 0.5) is 0 Å². The molecule has 0 fully saturated rings. The Balaban J connectivity index is 1.61. The maximum Gasteiger partial charge on any atom is 0.587 e. The largest absolute Gasteiger partial charge is 0.587 e. The van der Waals surface area contributed by atoms with Crippen molar-refractivity contribution in [2.75, 3.05) is 26.4 Å². The molecule has 0 saturated heterocycles. The average molecular weight is 989 g/mol. The molecule has 14 heteroatoms. The van der Waals surface area contributed by atoms with E-state index in [2.05, 4.69) is 54.7 Å². The van der Waals surface area contributed by atoms with E-state index in [0.29, 0.717) is 11.5 Å². The van der Waals surface area contributed by atoms with E-state index in [9.17, 15) is 18.7 Å². The summed E-state index contributed by atoms with van der Waals surface area (Å²) in [4.78, 5) is 24.1. The zero-order chi connectivity index (χ0) is 52.0. The molecule has 0 bridgehead atoms. The molecular weight excluding hydrogens is 915 g/mol. The van der Waals surface area contributed by atoms with Crippen LogP contribution < -0.4 is 18.1 Å². The molecule has 0 aliphatic heterocycles. The molecule has 0 saturated carbocycles. The molecule has 69 heavy (non-hydrogen) atoms. The van der Waals surface area contributed by atoms with Crippen LogP contribution in [-0.4, -0.2) is 38.4 Å². The lowest BCUT2D eigenvalue weighted by molar-refractivity contribution is -0.140. The van der Waals surface area contributed by atoms with Gasteiger partial charge in [-0.2, -0.15) is 0 Å². The Morgan fingerprint density at radius 2 is 0.739 bits per heavy atom. The van der Waals surface area contributed by atoms with Gasteiger partial charge in [-0.15, -0.1) is 0 Å². The number of phosphoric ester groups is 2. The van der Waals surface area contributed by atoms with Gasteiger partial charge in [0.2, 0.25) is 0 Å². The van der Waals surface area contributed by atoms with Crippen LogP contribution in [0.2, 0.25) is 0 Å². The summed E-state index contributed by atoms with van der Waals surface area (Å²) in [6.07, 6.45) is 0. The second-order valence-corrected chi connectivity index (χ2v) is 24.9. The van der Waals surface area contributed by atoms with Crippen molar-refractivity contribution >= 4 is 27.6 Å².